The maximum atomic E-state index is 7.00. The summed E-state index contributed by atoms with van der Waals surface area (Å²) in [5.74, 6) is 0. The smallest absolute Gasteiger partial charge is 0.0319 e. The molecule has 1 unspecified atom stereocenters. The third kappa shape index (κ3) is 27.3. The van der Waals surface area contributed by atoms with Gasteiger partial charge in [-0.15, -0.1) is 33.6 Å². The van der Waals surface area contributed by atoms with Crippen LogP contribution in [0.5, 0.6) is 0 Å². The van der Waals surface area contributed by atoms with Crippen LogP contribution in [0.25, 0.3) is 0 Å². The predicted octanol–water partition coefficient (Wildman–Crippen LogP) is 5.51. The third-order valence-electron chi connectivity index (χ3n) is 3.01. The van der Waals surface area contributed by atoms with Crippen LogP contribution >= 0.6 is 27.5 Å². The largest absolute Gasteiger partial charge is 0.400 e. The number of rotatable bonds is 7. The van der Waals surface area contributed by atoms with Gasteiger partial charge in [-0.3, -0.25) is 0 Å². The van der Waals surface area contributed by atoms with Crippen molar-refractivity contribution < 1.29 is 42.9 Å². The van der Waals surface area contributed by atoms with Crippen LogP contribution < -0.4 is 5.73 Å². The molecule has 147 valence electrons. The molecule has 1 rings (SSSR count). The van der Waals surface area contributed by atoms with E-state index < -0.39 is 0 Å². The van der Waals surface area contributed by atoms with Crippen molar-refractivity contribution in [3.63, 3.8) is 0 Å². The molecular weight excluding hydrogens is 478 g/mol. The van der Waals surface area contributed by atoms with Crippen LogP contribution in [0.15, 0.2) is 16.6 Å². The molecule has 0 aliphatic carbocycles. The summed E-state index contributed by atoms with van der Waals surface area (Å²) < 4.78 is 0.898. The van der Waals surface area contributed by atoms with Crippen LogP contribution in [0.1, 0.15) is 64.4 Å². The molecule has 0 aliphatic rings. The topological polar surface area (TPSA) is 66.5 Å². The van der Waals surface area contributed by atoms with Crippen molar-refractivity contribution in [2.45, 2.75) is 71.8 Å². The molecule has 4 N–H and O–H groups in total. The monoisotopic (exact) mass is 513 g/mol. The quantitative estimate of drug-likeness (QED) is 0.332. The molecule has 1 radical (unpaired) electrons. The van der Waals surface area contributed by atoms with E-state index in [1.807, 2.05) is 19.1 Å². The SMILES string of the molecule is CCCCCCCCC(C)N.CO.CO.Cc1[c-]cc(Br)c(Cl)c1.[Y]. The molecule has 0 bridgehead atoms. The first-order valence-electron chi connectivity index (χ1n) is 8.45. The fraction of sp³-hybridized carbons (Fsp3) is 0.684. The van der Waals surface area contributed by atoms with E-state index in [4.69, 9.17) is 27.5 Å². The first kappa shape index (κ1) is 33.6. The Labute approximate surface area is 194 Å². The number of benzene rings is 1. The number of nitrogens with two attached hydrogens (primary N) is 1. The van der Waals surface area contributed by atoms with Crippen molar-refractivity contribution in [1.29, 1.82) is 0 Å². The summed E-state index contributed by atoms with van der Waals surface area (Å²) in [5, 5.41) is 14.7. The van der Waals surface area contributed by atoms with Crippen LogP contribution in [-0.4, -0.2) is 30.5 Å². The van der Waals surface area contributed by atoms with Gasteiger partial charge < -0.3 is 15.9 Å². The van der Waals surface area contributed by atoms with E-state index in [1.165, 1.54) is 44.9 Å². The average molecular weight is 515 g/mol. The Kier molecular flexibility index (Phi) is 36.5. The van der Waals surface area contributed by atoms with Gasteiger partial charge in [0.2, 0.25) is 0 Å². The molecule has 0 aliphatic heterocycles. The first-order valence-corrected chi connectivity index (χ1v) is 9.62. The summed E-state index contributed by atoms with van der Waals surface area (Å²) in [6.07, 6.45) is 9.45. The van der Waals surface area contributed by atoms with Gasteiger partial charge in [0.1, 0.15) is 0 Å². The summed E-state index contributed by atoms with van der Waals surface area (Å²) in [7, 11) is 2.00. The molecule has 0 saturated carbocycles. The van der Waals surface area contributed by atoms with Crippen molar-refractivity contribution >= 4 is 27.5 Å². The minimum Gasteiger partial charge on any atom is -0.400 e. The number of hydrogen-bond acceptors (Lipinski definition) is 3. The van der Waals surface area contributed by atoms with E-state index in [9.17, 15) is 0 Å². The zero-order valence-electron chi connectivity index (χ0n) is 16.5. The van der Waals surface area contributed by atoms with Crippen molar-refractivity contribution in [3.8, 4) is 0 Å². The third-order valence-corrected chi connectivity index (χ3v) is 4.21. The minimum absolute atomic E-state index is 0. The second-order valence-electron chi connectivity index (χ2n) is 5.35. The molecule has 0 heterocycles. The fourth-order valence-corrected chi connectivity index (χ4v) is 2.24. The van der Waals surface area contributed by atoms with E-state index >= 15 is 0 Å². The van der Waals surface area contributed by atoms with Gasteiger partial charge in [-0.25, -0.2) is 0 Å². The Balaban J connectivity index is -0.000000143. The van der Waals surface area contributed by atoms with Crippen molar-refractivity contribution in [1.82, 2.24) is 0 Å². The zero-order valence-corrected chi connectivity index (χ0v) is 21.7. The summed E-state index contributed by atoms with van der Waals surface area (Å²) in [6.45, 7) is 6.30. The number of aryl methyl sites for hydroxylation is 1. The maximum absolute atomic E-state index is 7.00. The van der Waals surface area contributed by atoms with Crippen LogP contribution in [0.4, 0.5) is 0 Å². The Bertz CT molecular complexity index is 369. The Morgan fingerprint density at radius 3 is 2.00 bits per heavy atom. The molecule has 0 amide bonds. The Morgan fingerprint density at radius 2 is 1.60 bits per heavy atom. The van der Waals surface area contributed by atoms with Crippen molar-refractivity contribution in [2.24, 2.45) is 5.73 Å². The number of unbranched alkanes of at least 4 members (excludes halogenated alkanes) is 5. The van der Waals surface area contributed by atoms with E-state index in [-0.39, 0.29) is 32.7 Å². The summed E-state index contributed by atoms with van der Waals surface area (Å²) in [4.78, 5) is 0. The van der Waals surface area contributed by atoms with Crippen molar-refractivity contribution in [2.75, 3.05) is 14.2 Å². The van der Waals surface area contributed by atoms with Gasteiger partial charge in [0.15, 0.2) is 0 Å². The Morgan fingerprint density at radius 1 is 1.12 bits per heavy atom. The second-order valence-corrected chi connectivity index (χ2v) is 6.61. The fourth-order valence-electron chi connectivity index (χ4n) is 1.79. The van der Waals surface area contributed by atoms with Crippen LogP contribution in [0, 0.1) is 13.0 Å². The molecule has 0 saturated heterocycles. The van der Waals surface area contributed by atoms with Crippen LogP contribution in [0.3, 0.4) is 0 Å². The molecule has 1 aromatic carbocycles. The molecule has 0 fully saturated rings. The number of hydrogen-bond donors (Lipinski definition) is 3. The van der Waals surface area contributed by atoms with Gasteiger partial charge >= 0.3 is 0 Å². The van der Waals surface area contributed by atoms with E-state index in [1.54, 1.807) is 0 Å². The van der Waals surface area contributed by atoms with E-state index in [0.29, 0.717) is 6.04 Å². The zero-order chi connectivity index (χ0) is 19.4. The molecular formula is C19H36BrClNO2Y-. The van der Waals surface area contributed by atoms with E-state index in [0.717, 1.165) is 29.3 Å². The van der Waals surface area contributed by atoms with Gasteiger partial charge in [0.25, 0.3) is 0 Å². The van der Waals surface area contributed by atoms with Gasteiger partial charge in [-0.2, -0.15) is 17.7 Å². The van der Waals surface area contributed by atoms with Crippen LogP contribution in [0.2, 0.25) is 5.02 Å². The summed E-state index contributed by atoms with van der Waals surface area (Å²) >= 11 is 9.01. The molecule has 1 aromatic rings. The van der Waals surface area contributed by atoms with E-state index in [2.05, 4.69) is 35.8 Å². The summed E-state index contributed by atoms with van der Waals surface area (Å²) in [5.41, 5.74) is 6.69. The minimum atomic E-state index is 0. The molecule has 6 heteroatoms. The van der Waals surface area contributed by atoms with Gasteiger partial charge in [-0.1, -0.05) is 61.9 Å². The van der Waals surface area contributed by atoms with Crippen molar-refractivity contribution in [3.05, 3.63) is 33.3 Å². The normalized spacial score (nSPS) is 9.84. The predicted molar refractivity (Wildman–Crippen MR) is 111 cm³/mol. The molecule has 25 heavy (non-hydrogen) atoms. The second kappa shape index (κ2) is 27.2. The number of halogens is 2. The Hall–Kier alpha value is 0.974. The van der Waals surface area contributed by atoms with Crippen LogP contribution in [-0.2, 0) is 32.7 Å². The molecule has 1 atom stereocenters. The first-order chi connectivity index (χ1) is 11.5. The molecule has 3 nitrogen and oxygen atoms in total. The number of aliphatic hydroxyl groups excluding tert-OH is 2. The summed E-state index contributed by atoms with van der Waals surface area (Å²) in [6, 6.07) is 7.10. The van der Waals surface area contributed by atoms with Gasteiger partial charge in [0.05, 0.1) is 0 Å². The molecule has 0 spiro atoms. The average Bonchev–Trinajstić information content (AvgIpc) is 2.58. The number of aliphatic hydroxyl groups is 2. The van der Waals surface area contributed by atoms with Gasteiger partial charge in [-0.05, 0) is 13.3 Å². The maximum Gasteiger partial charge on any atom is 0.0319 e. The molecule has 0 aromatic heterocycles. The standard InChI is InChI=1S/C10H23N.C7H5BrCl.2CH4O.Y/c1-3-4-5-6-7-8-9-10(2)11;1-5-2-3-6(8)7(9)4-5;2*1-2;/h10H,3-9,11H2,1-2H3;3-4H,1H3;2*2H,1H3;/q;-1;;;. The van der Waals surface area contributed by atoms with Gasteiger partial charge in [0, 0.05) is 53.0 Å².